The minimum absolute atomic E-state index is 0.546. The van der Waals surface area contributed by atoms with Crippen LogP contribution in [0.3, 0.4) is 0 Å². The van der Waals surface area contributed by atoms with Crippen LogP contribution in [0.1, 0.15) is 77.0 Å². The lowest BCUT2D eigenvalue weighted by Crippen LogP contribution is -2.08. The van der Waals surface area contributed by atoms with Crippen molar-refractivity contribution in [3.8, 4) is 0 Å². The van der Waals surface area contributed by atoms with Crippen LogP contribution in [0.5, 0.6) is 0 Å². The number of carbonyl (C=O) groups excluding carboxylic acids is 1. The van der Waals surface area contributed by atoms with Crippen molar-refractivity contribution in [2.45, 2.75) is 77.0 Å². The lowest BCUT2D eigenvalue weighted by atomic mass is 9.86. The molecule has 0 N–H and O–H groups in total. The average Bonchev–Trinajstić information content (AvgIpc) is 2.59. The third-order valence-electron chi connectivity index (χ3n) is 4.55. The maximum absolute atomic E-state index is 11.5. The van der Waals surface area contributed by atoms with E-state index >= 15 is 0 Å². The normalized spacial score (nSPS) is 33.9. The fraction of sp³-hybridized carbons (Fsp3) is 0.933. The summed E-state index contributed by atoms with van der Waals surface area (Å²) >= 11 is 0. The standard InChI is InChI=1S/C15H26O/c16-15-11-13-9-7-5-3-1-2-4-6-8-10-14(13)12-15/h13-14H,1-12H2. The summed E-state index contributed by atoms with van der Waals surface area (Å²) in [5.41, 5.74) is 0. The monoisotopic (exact) mass is 222 g/mol. The highest BCUT2D eigenvalue weighted by Gasteiger charge is 2.31. The topological polar surface area (TPSA) is 17.1 Å². The van der Waals surface area contributed by atoms with E-state index in [2.05, 4.69) is 0 Å². The zero-order chi connectivity index (χ0) is 11.2. The van der Waals surface area contributed by atoms with Crippen LogP contribution in [-0.2, 0) is 4.79 Å². The molecule has 1 nitrogen and oxygen atoms in total. The third-order valence-corrected chi connectivity index (χ3v) is 4.55. The zero-order valence-corrected chi connectivity index (χ0v) is 10.5. The molecule has 0 amide bonds. The first-order chi connectivity index (χ1) is 7.86. The number of fused-ring (bicyclic) bond motifs is 1. The van der Waals surface area contributed by atoms with E-state index < -0.39 is 0 Å². The second-order valence-electron chi connectivity index (χ2n) is 5.87. The van der Waals surface area contributed by atoms with Crippen LogP contribution in [0.15, 0.2) is 0 Å². The number of hydrogen-bond acceptors (Lipinski definition) is 1. The van der Waals surface area contributed by atoms with Crippen LogP contribution < -0.4 is 0 Å². The number of ketones is 1. The molecule has 0 aromatic rings. The van der Waals surface area contributed by atoms with E-state index in [1.165, 1.54) is 64.2 Å². The van der Waals surface area contributed by atoms with Crippen molar-refractivity contribution in [3.05, 3.63) is 0 Å². The van der Waals surface area contributed by atoms with Crippen molar-refractivity contribution in [2.24, 2.45) is 11.8 Å². The quantitative estimate of drug-likeness (QED) is 0.590. The second-order valence-corrected chi connectivity index (χ2v) is 5.87. The molecule has 2 fully saturated rings. The maximum atomic E-state index is 11.5. The molecule has 16 heavy (non-hydrogen) atoms. The third kappa shape index (κ3) is 3.61. The highest BCUT2D eigenvalue weighted by atomic mass is 16.1. The molecule has 2 aliphatic carbocycles. The molecule has 2 saturated carbocycles. The molecule has 2 atom stereocenters. The molecule has 0 saturated heterocycles. The highest BCUT2D eigenvalue weighted by Crippen LogP contribution is 2.37. The molecule has 0 aromatic heterocycles. The van der Waals surface area contributed by atoms with Gasteiger partial charge in [-0.25, -0.2) is 0 Å². The van der Waals surface area contributed by atoms with Gasteiger partial charge in [-0.3, -0.25) is 4.79 Å². The van der Waals surface area contributed by atoms with Crippen molar-refractivity contribution < 1.29 is 4.79 Å². The Morgan fingerprint density at radius 2 is 1.00 bits per heavy atom. The fourth-order valence-corrected chi connectivity index (χ4v) is 3.55. The molecule has 0 aliphatic heterocycles. The van der Waals surface area contributed by atoms with Gasteiger partial charge in [-0.15, -0.1) is 0 Å². The molecular weight excluding hydrogens is 196 g/mol. The summed E-state index contributed by atoms with van der Waals surface area (Å²) in [6.45, 7) is 0. The van der Waals surface area contributed by atoms with Gasteiger partial charge in [0.15, 0.2) is 0 Å². The highest BCUT2D eigenvalue weighted by molar-refractivity contribution is 5.81. The summed E-state index contributed by atoms with van der Waals surface area (Å²) in [7, 11) is 0. The number of Topliss-reactive ketones (excluding diaryl/α,β-unsaturated/α-hetero) is 1. The first kappa shape index (κ1) is 12.1. The molecule has 2 unspecified atom stereocenters. The smallest absolute Gasteiger partial charge is 0.133 e. The van der Waals surface area contributed by atoms with Gasteiger partial charge in [0.25, 0.3) is 0 Å². The van der Waals surface area contributed by atoms with Gasteiger partial charge in [-0.2, -0.15) is 0 Å². The van der Waals surface area contributed by atoms with Crippen LogP contribution in [0.2, 0.25) is 0 Å². The second kappa shape index (κ2) is 6.42. The number of hydrogen-bond donors (Lipinski definition) is 0. The summed E-state index contributed by atoms with van der Waals surface area (Å²) in [4.78, 5) is 11.5. The summed E-state index contributed by atoms with van der Waals surface area (Å²) in [6, 6.07) is 0. The minimum atomic E-state index is 0.546. The van der Waals surface area contributed by atoms with Crippen molar-refractivity contribution in [3.63, 3.8) is 0 Å². The number of carbonyl (C=O) groups is 1. The molecular formula is C15H26O. The van der Waals surface area contributed by atoms with Gasteiger partial charge in [-0.1, -0.05) is 51.4 Å². The Hall–Kier alpha value is -0.330. The molecule has 2 rings (SSSR count). The van der Waals surface area contributed by atoms with Crippen LogP contribution >= 0.6 is 0 Å². The van der Waals surface area contributed by atoms with Gasteiger partial charge in [0.05, 0.1) is 0 Å². The number of rotatable bonds is 0. The van der Waals surface area contributed by atoms with Crippen LogP contribution in [0, 0.1) is 11.8 Å². The Balaban J connectivity index is 1.83. The first-order valence-corrected chi connectivity index (χ1v) is 7.38. The summed E-state index contributed by atoms with van der Waals surface area (Å²) in [5, 5.41) is 0. The van der Waals surface area contributed by atoms with Crippen molar-refractivity contribution in [2.75, 3.05) is 0 Å². The van der Waals surface area contributed by atoms with Crippen LogP contribution in [-0.4, -0.2) is 5.78 Å². The Morgan fingerprint density at radius 1 is 0.625 bits per heavy atom. The van der Waals surface area contributed by atoms with E-state index in [-0.39, 0.29) is 0 Å². The molecule has 2 aliphatic rings. The predicted octanol–water partition coefficient (Wildman–Crippen LogP) is 4.50. The van der Waals surface area contributed by atoms with E-state index in [0.717, 1.165) is 24.7 Å². The Bertz CT molecular complexity index is 199. The Kier molecular flexibility index (Phi) is 4.87. The van der Waals surface area contributed by atoms with Crippen molar-refractivity contribution in [1.82, 2.24) is 0 Å². The summed E-state index contributed by atoms with van der Waals surface area (Å²) < 4.78 is 0. The van der Waals surface area contributed by atoms with Gasteiger partial charge in [0, 0.05) is 12.8 Å². The predicted molar refractivity (Wildman–Crippen MR) is 67.4 cm³/mol. The molecule has 1 heteroatoms. The Labute approximate surface area is 100.0 Å². The van der Waals surface area contributed by atoms with Gasteiger partial charge < -0.3 is 0 Å². The fourth-order valence-electron chi connectivity index (χ4n) is 3.55. The van der Waals surface area contributed by atoms with E-state index in [9.17, 15) is 4.79 Å². The van der Waals surface area contributed by atoms with E-state index in [4.69, 9.17) is 0 Å². The zero-order valence-electron chi connectivity index (χ0n) is 10.5. The van der Waals surface area contributed by atoms with E-state index in [0.29, 0.717) is 5.78 Å². The van der Waals surface area contributed by atoms with Gasteiger partial charge in [0.1, 0.15) is 5.78 Å². The maximum Gasteiger partial charge on any atom is 0.133 e. The molecule has 0 bridgehead atoms. The van der Waals surface area contributed by atoms with Crippen molar-refractivity contribution >= 4 is 5.78 Å². The lowest BCUT2D eigenvalue weighted by molar-refractivity contribution is -0.117. The van der Waals surface area contributed by atoms with Crippen molar-refractivity contribution in [1.29, 1.82) is 0 Å². The van der Waals surface area contributed by atoms with E-state index in [1.54, 1.807) is 0 Å². The molecule has 92 valence electrons. The summed E-state index contributed by atoms with van der Waals surface area (Å²) in [5.74, 6) is 2.06. The largest absolute Gasteiger partial charge is 0.300 e. The minimum Gasteiger partial charge on any atom is -0.300 e. The lowest BCUT2D eigenvalue weighted by Gasteiger charge is -2.19. The SMILES string of the molecule is O=C1CC2CCCCCCCCCCC2C1. The summed E-state index contributed by atoms with van der Waals surface area (Å²) in [6.07, 6.45) is 15.7. The molecule has 0 radical (unpaired) electrons. The van der Waals surface area contributed by atoms with E-state index in [1.807, 2.05) is 0 Å². The van der Waals surface area contributed by atoms with Gasteiger partial charge in [0.2, 0.25) is 0 Å². The molecule has 0 spiro atoms. The van der Waals surface area contributed by atoms with Crippen LogP contribution in [0.4, 0.5) is 0 Å². The van der Waals surface area contributed by atoms with Gasteiger partial charge in [-0.05, 0) is 24.7 Å². The first-order valence-electron chi connectivity index (χ1n) is 7.38. The molecule has 0 heterocycles. The average molecular weight is 222 g/mol. The molecule has 0 aromatic carbocycles. The Morgan fingerprint density at radius 3 is 1.44 bits per heavy atom. The van der Waals surface area contributed by atoms with Gasteiger partial charge >= 0.3 is 0 Å². The van der Waals surface area contributed by atoms with Crippen LogP contribution in [0.25, 0.3) is 0 Å².